The van der Waals surface area contributed by atoms with Crippen molar-refractivity contribution in [2.45, 2.75) is 19.9 Å². The summed E-state index contributed by atoms with van der Waals surface area (Å²) in [5, 5.41) is 6.36. The van der Waals surface area contributed by atoms with Crippen molar-refractivity contribution >= 4 is 0 Å². The third-order valence-corrected chi connectivity index (χ3v) is 2.52. The van der Waals surface area contributed by atoms with Crippen LogP contribution in [0.3, 0.4) is 0 Å². The smallest absolute Gasteiger partial charge is 0.145 e. The van der Waals surface area contributed by atoms with Crippen molar-refractivity contribution in [3.63, 3.8) is 0 Å². The molecule has 4 nitrogen and oxygen atoms in total. The highest BCUT2D eigenvalue weighted by molar-refractivity contribution is 5.36. The number of H-pyrrole nitrogens is 1. The van der Waals surface area contributed by atoms with E-state index in [2.05, 4.69) is 15.2 Å². The van der Waals surface area contributed by atoms with Gasteiger partial charge in [0, 0.05) is 5.56 Å². The number of aromatic nitrogens is 3. The first-order valence-corrected chi connectivity index (χ1v) is 4.97. The van der Waals surface area contributed by atoms with Crippen molar-refractivity contribution in [3.8, 4) is 0 Å². The van der Waals surface area contributed by atoms with Gasteiger partial charge in [0.1, 0.15) is 18.0 Å². The molecule has 0 saturated carbocycles. The summed E-state index contributed by atoms with van der Waals surface area (Å²) in [5.74, 6) is 0.159. The van der Waals surface area contributed by atoms with Crippen LogP contribution in [-0.4, -0.2) is 15.2 Å². The van der Waals surface area contributed by atoms with Gasteiger partial charge in [0.05, 0.1) is 6.04 Å². The minimum absolute atomic E-state index is 0.304. The minimum atomic E-state index is -0.608. The molecule has 2 rings (SSSR count). The molecule has 0 bridgehead atoms. The lowest BCUT2D eigenvalue weighted by atomic mass is 9.98. The van der Waals surface area contributed by atoms with Gasteiger partial charge in [-0.25, -0.2) is 9.37 Å². The van der Waals surface area contributed by atoms with Gasteiger partial charge in [0.25, 0.3) is 0 Å². The fourth-order valence-corrected chi connectivity index (χ4v) is 1.82. The maximum absolute atomic E-state index is 13.8. The van der Waals surface area contributed by atoms with Crippen LogP contribution in [0.4, 0.5) is 4.39 Å². The molecule has 1 unspecified atom stereocenters. The van der Waals surface area contributed by atoms with Crippen molar-refractivity contribution in [2.24, 2.45) is 5.73 Å². The maximum Gasteiger partial charge on any atom is 0.145 e. The van der Waals surface area contributed by atoms with E-state index in [4.69, 9.17) is 5.73 Å². The molecule has 0 aliphatic carbocycles. The van der Waals surface area contributed by atoms with Crippen molar-refractivity contribution in [3.05, 3.63) is 46.8 Å². The largest absolute Gasteiger partial charge is 0.318 e. The number of aromatic amines is 1. The molecule has 16 heavy (non-hydrogen) atoms. The van der Waals surface area contributed by atoms with E-state index in [0.717, 1.165) is 11.1 Å². The standard InChI is InChI=1S/C11H13FN4/c1-6-3-7(2)9(8(12)4-6)10(13)11-14-5-15-16-11/h3-5,10H,13H2,1-2H3,(H,14,15,16). The molecule has 1 aromatic carbocycles. The Bertz CT molecular complexity index is 470. The average molecular weight is 220 g/mol. The second-order valence-electron chi connectivity index (χ2n) is 3.83. The molecule has 5 heteroatoms. The van der Waals surface area contributed by atoms with Crippen molar-refractivity contribution in [1.29, 1.82) is 0 Å². The van der Waals surface area contributed by atoms with Crippen molar-refractivity contribution in [2.75, 3.05) is 0 Å². The predicted octanol–water partition coefficient (Wildman–Crippen LogP) is 1.61. The van der Waals surface area contributed by atoms with Gasteiger partial charge < -0.3 is 5.73 Å². The molecule has 0 fully saturated rings. The molecule has 0 spiro atoms. The summed E-state index contributed by atoms with van der Waals surface area (Å²) in [7, 11) is 0. The number of hydrogen-bond donors (Lipinski definition) is 2. The Kier molecular flexibility index (Phi) is 2.70. The zero-order chi connectivity index (χ0) is 11.7. The average Bonchev–Trinajstić information content (AvgIpc) is 2.67. The predicted molar refractivity (Wildman–Crippen MR) is 58.3 cm³/mol. The molecule has 0 aliphatic rings. The number of nitrogens with zero attached hydrogens (tertiary/aromatic N) is 2. The molecule has 1 heterocycles. The Morgan fingerprint density at radius 1 is 1.38 bits per heavy atom. The Morgan fingerprint density at radius 3 is 2.69 bits per heavy atom. The molecule has 2 aromatic rings. The third kappa shape index (κ3) is 1.81. The SMILES string of the molecule is Cc1cc(C)c(C(N)c2ncn[nH]2)c(F)c1. The van der Waals surface area contributed by atoms with Gasteiger partial charge in [-0.05, 0) is 31.0 Å². The summed E-state index contributed by atoms with van der Waals surface area (Å²) in [6, 6.07) is 2.76. The van der Waals surface area contributed by atoms with Crippen LogP contribution in [0.2, 0.25) is 0 Å². The van der Waals surface area contributed by atoms with Crippen LogP contribution in [0, 0.1) is 19.7 Å². The summed E-state index contributed by atoms with van der Waals surface area (Å²) in [5.41, 5.74) is 8.10. The first-order chi connectivity index (χ1) is 7.59. The van der Waals surface area contributed by atoms with Crippen LogP contribution < -0.4 is 5.73 Å². The summed E-state index contributed by atoms with van der Waals surface area (Å²) < 4.78 is 13.8. The molecule has 1 aromatic heterocycles. The van der Waals surface area contributed by atoms with Crippen LogP contribution in [0.1, 0.15) is 28.6 Å². The second-order valence-corrected chi connectivity index (χ2v) is 3.83. The molecule has 0 aliphatic heterocycles. The van der Waals surface area contributed by atoms with E-state index in [1.807, 2.05) is 19.9 Å². The zero-order valence-corrected chi connectivity index (χ0v) is 9.16. The van der Waals surface area contributed by atoms with Crippen LogP contribution >= 0.6 is 0 Å². The Hall–Kier alpha value is -1.75. The summed E-state index contributed by atoms with van der Waals surface area (Å²) >= 11 is 0. The van der Waals surface area contributed by atoms with E-state index in [0.29, 0.717) is 11.4 Å². The lowest BCUT2D eigenvalue weighted by molar-refractivity contribution is 0.590. The quantitative estimate of drug-likeness (QED) is 0.807. The number of nitrogens with one attached hydrogen (secondary N) is 1. The third-order valence-electron chi connectivity index (χ3n) is 2.52. The Morgan fingerprint density at radius 2 is 2.12 bits per heavy atom. The first kappa shape index (κ1) is 10.8. The minimum Gasteiger partial charge on any atom is -0.318 e. The second kappa shape index (κ2) is 4.02. The van der Waals surface area contributed by atoms with Gasteiger partial charge in [-0.1, -0.05) is 6.07 Å². The van der Waals surface area contributed by atoms with Crippen molar-refractivity contribution in [1.82, 2.24) is 15.2 Å². The molecular formula is C11H13FN4. The maximum atomic E-state index is 13.8. The molecule has 3 N–H and O–H groups in total. The monoisotopic (exact) mass is 220 g/mol. The van der Waals surface area contributed by atoms with Gasteiger partial charge >= 0.3 is 0 Å². The van der Waals surface area contributed by atoms with Gasteiger partial charge in [-0.3, -0.25) is 5.10 Å². The lowest BCUT2D eigenvalue weighted by Crippen LogP contribution is -2.17. The molecule has 0 radical (unpaired) electrons. The Balaban J connectivity index is 2.48. The van der Waals surface area contributed by atoms with Crippen LogP contribution in [0.15, 0.2) is 18.5 Å². The highest BCUT2D eigenvalue weighted by atomic mass is 19.1. The highest BCUT2D eigenvalue weighted by Gasteiger charge is 2.18. The van der Waals surface area contributed by atoms with Gasteiger partial charge in [0.15, 0.2) is 0 Å². The van der Waals surface area contributed by atoms with E-state index in [9.17, 15) is 4.39 Å². The number of aryl methyl sites for hydroxylation is 2. The number of nitrogens with two attached hydrogens (primary N) is 1. The van der Waals surface area contributed by atoms with Crippen LogP contribution in [-0.2, 0) is 0 Å². The molecule has 0 saturated heterocycles. The molecule has 1 atom stereocenters. The van der Waals surface area contributed by atoms with Crippen molar-refractivity contribution < 1.29 is 4.39 Å². The molecular weight excluding hydrogens is 207 g/mol. The number of benzene rings is 1. The fourth-order valence-electron chi connectivity index (χ4n) is 1.82. The van der Waals surface area contributed by atoms with E-state index < -0.39 is 6.04 Å². The Labute approximate surface area is 92.7 Å². The first-order valence-electron chi connectivity index (χ1n) is 4.97. The fraction of sp³-hybridized carbons (Fsp3) is 0.273. The molecule has 0 amide bonds. The van der Waals surface area contributed by atoms with Crippen LogP contribution in [0.5, 0.6) is 0 Å². The van der Waals surface area contributed by atoms with Crippen LogP contribution in [0.25, 0.3) is 0 Å². The summed E-state index contributed by atoms with van der Waals surface area (Å²) in [4.78, 5) is 3.94. The summed E-state index contributed by atoms with van der Waals surface area (Å²) in [6.07, 6.45) is 1.36. The topological polar surface area (TPSA) is 67.6 Å². The van der Waals surface area contributed by atoms with E-state index in [1.165, 1.54) is 12.4 Å². The van der Waals surface area contributed by atoms with E-state index in [-0.39, 0.29) is 5.82 Å². The van der Waals surface area contributed by atoms with Gasteiger partial charge in [0.2, 0.25) is 0 Å². The number of hydrogen-bond acceptors (Lipinski definition) is 3. The van der Waals surface area contributed by atoms with Gasteiger partial charge in [-0.2, -0.15) is 5.10 Å². The van der Waals surface area contributed by atoms with E-state index >= 15 is 0 Å². The number of rotatable bonds is 2. The number of halogens is 1. The lowest BCUT2D eigenvalue weighted by Gasteiger charge is -2.13. The molecule has 84 valence electrons. The normalized spacial score (nSPS) is 12.8. The zero-order valence-electron chi connectivity index (χ0n) is 9.16. The highest BCUT2D eigenvalue weighted by Crippen LogP contribution is 2.24. The summed E-state index contributed by atoms with van der Waals surface area (Å²) in [6.45, 7) is 3.68. The van der Waals surface area contributed by atoms with E-state index in [1.54, 1.807) is 0 Å². The van der Waals surface area contributed by atoms with Gasteiger partial charge in [-0.15, -0.1) is 0 Å².